The molecule has 1 saturated heterocycles. The molecule has 1 aliphatic rings. The maximum atomic E-state index is 13.2. The lowest BCUT2D eigenvalue weighted by molar-refractivity contribution is 0.0840. The second kappa shape index (κ2) is 7.18. The fourth-order valence-electron chi connectivity index (χ4n) is 3.28. The van der Waals surface area contributed by atoms with Gasteiger partial charge in [-0.15, -0.1) is 0 Å². The highest BCUT2D eigenvalue weighted by molar-refractivity contribution is 9.10. The summed E-state index contributed by atoms with van der Waals surface area (Å²) in [7, 11) is 0. The van der Waals surface area contributed by atoms with Gasteiger partial charge >= 0.3 is 0 Å². The monoisotopic (exact) mass is 357 g/mol. The third-order valence-electron chi connectivity index (χ3n) is 4.94. The van der Waals surface area contributed by atoms with Crippen molar-refractivity contribution in [3.63, 3.8) is 0 Å². The zero-order valence-corrected chi connectivity index (χ0v) is 14.4. The van der Waals surface area contributed by atoms with Crippen LogP contribution in [0.15, 0.2) is 22.7 Å². The molecule has 1 aromatic rings. The Bertz CT molecular complexity index is 477. The van der Waals surface area contributed by atoms with Crippen molar-refractivity contribution in [1.29, 1.82) is 0 Å². The molecule has 1 aromatic carbocycles. The van der Waals surface area contributed by atoms with Gasteiger partial charge < -0.3 is 0 Å². The van der Waals surface area contributed by atoms with Crippen LogP contribution in [0.5, 0.6) is 0 Å². The van der Waals surface area contributed by atoms with Crippen molar-refractivity contribution < 1.29 is 4.39 Å². The van der Waals surface area contributed by atoms with Gasteiger partial charge in [-0.3, -0.25) is 16.2 Å². The van der Waals surface area contributed by atoms with Gasteiger partial charge in [0.25, 0.3) is 0 Å². The van der Waals surface area contributed by atoms with Crippen LogP contribution >= 0.6 is 15.9 Å². The number of likely N-dealkylation sites (tertiary alicyclic amines) is 1. The maximum absolute atomic E-state index is 13.2. The molecular formula is C16H25BrFN3. The SMILES string of the molecule is CCC(C)(C(Cc1ccc(F)cc1Br)NN)N1CCCC1. The Hall–Kier alpha value is -0.490. The molecule has 0 aromatic heterocycles. The highest BCUT2D eigenvalue weighted by Gasteiger charge is 2.39. The van der Waals surface area contributed by atoms with Crippen LogP contribution in [0.3, 0.4) is 0 Å². The molecule has 0 spiro atoms. The predicted molar refractivity (Wildman–Crippen MR) is 88.4 cm³/mol. The van der Waals surface area contributed by atoms with Crippen molar-refractivity contribution in [2.45, 2.75) is 51.1 Å². The Morgan fingerprint density at radius 1 is 1.43 bits per heavy atom. The van der Waals surface area contributed by atoms with Crippen LogP contribution in [0.1, 0.15) is 38.7 Å². The van der Waals surface area contributed by atoms with Crippen molar-refractivity contribution >= 4 is 15.9 Å². The fourth-order valence-corrected chi connectivity index (χ4v) is 3.80. The Kier molecular flexibility index (Phi) is 5.77. The quantitative estimate of drug-likeness (QED) is 0.606. The van der Waals surface area contributed by atoms with Crippen LogP contribution in [-0.4, -0.2) is 29.6 Å². The minimum absolute atomic E-state index is 0.0130. The third kappa shape index (κ3) is 3.65. The summed E-state index contributed by atoms with van der Waals surface area (Å²) >= 11 is 3.45. The number of nitrogens with one attached hydrogen (secondary N) is 1. The van der Waals surface area contributed by atoms with E-state index in [0.717, 1.165) is 36.0 Å². The molecule has 2 rings (SSSR count). The van der Waals surface area contributed by atoms with Crippen molar-refractivity contribution in [2.75, 3.05) is 13.1 Å². The number of hydrazine groups is 1. The van der Waals surface area contributed by atoms with Gasteiger partial charge in [0.2, 0.25) is 0 Å². The number of benzene rings is 1. The molecule has 0 radical (unpaired) electrons. The minimum atomic E-state index is -0.222. The van der Waals surface area contributed by atoms with E-state index in [9.17, 15) is 4.39 Å². The van der Waals surface area contributed by atoms with Gasteiger partial charge in [-0.1, -0.05) is 28.9 Å². The van der Waals surface area contributed by atoms with E-state index in [1.165, 1.54) is 25.0 Å². The summed E-state index contributed by atoms with van der Waals surface area (Å²) in [5.74, 6) is 5.64. The molecule has 0 amide bonds. The van der Waals surface area contributed by atoms with Crippen molar-refractivity contribution in [2.24, 2.45) is 5.84 Å². The molecule has 3 N–H and O–H groups in total. The van der Waals surface area contributed by atoms with E-state index in [4.69, 9.17) is 5.84 Å². The topological polar surface area (TPSA) is 41.3 Å². The number of hydrogen-bond donors (Lipinski definition) is 2. The van der Waals surface area contributed by atoms with E-state index in [-0.39, 0.29) is 17.4 Å². The van der Waals surface area contributed by atoms with Crippen LogP contribution in [0.4, 0.5) is 4.39 Å². The molecule has 0 bridgehead atoms. The van der Waals surface area contributed by atoms with Crippen LogP contribution in [0.25, 0.3) is 0 Å². The minimum Gasteiger partial charge on any atom is -0.296 e. The third-order valence-corrected chi connectivity index (χ3v) is 5.67. The lowest BCUT2D eigenvalue weighted by Crippen LogP contribution is -2.61. The first-order valence-corrected chi connectivity index (χ1v) is 8.45. The fraction of sp³-hybridized carbons (Fsp3) is 0.625. The summed E-state index contributed by atoms with van der Waals surface area (Å²) in [6.45, 7) is 6.75. The summed E-state index contributed by atoms with van der Waals surface area (Å²) in [5.41, 5.74) is 4.10. The predicted octanol–water partition coefficient (Wildman–Crippen LogP) is 3.23. The molecule has 21 heavy (non-hydrogen) atoms. The molecule has 2 unspecified atom stereocenters. The number of rotatable bonds is 6. The summed E-state index contributed by atoms with van der Waals surface area (Å²) in [5, 5.41) is 0. The number of nitrogens with two attached hydrogens (primary N) is 1. The van der Waals surface area contributed by atoms with Crippen molar-refractivity contribution in [3.05, 3.63) is 34.1 Å². The van der Waals surface area contributed by atoms with Gasteiger partial charge in [0, 0.05) is 16.1 Å². The van der Waals surface area contributed by atoms with Crippen LogP contribution in [0, 0.1) is 5.82 Å². The summed E-state index contributed by atoms with van der Waals surface area (Å²) in [4.78, 5) is 2.54. The van der Waals surface area contributed by atoms with Gasteiger partial charge in [-0.25, -0.2) is 4.39 Å². The second-order valence-corrected chi connectivity index (χ2v) is 6.92. The summed E-state index contributed by atoms with van der Waals surface area (Å²) in [6, 6.07) is 4.99. The Labute approximate surface area is 135 Å². The average molecular weight is 358 g/mol. The standard InChI is InChI=1S/C16H25BrFN3/c1-3-16(2,21-8-4-5-9-21)15(20-19)10-12-6-7-13(18)11-14(12)17/h6-7,11,15,20H,3-5,8-10,19H2,1-2H3. The van der Waals surface area contributed by atoms with Gasteiger partial charge in [-0.2, -0.15) is 0 Å². The van der Waals surface area contributed by atoms with Crippen molar-refractivity contribution in [1.82, 2.24) is 10.3 Å². The van der Waals surface area contributed by atoms with Crippen LogP contribution < -0.4 is 11.3 Å². The smallest absolute Gasteiger partial charge is 0.124 e. The maximum Gasteiger partial charge on any atom is 0.124 e. The van der Waals surface area contributed by atoms with E-state index in [2.05, 4.69) is 40.1 Å². The molecule has 1 aliphatic heterocycles. The average Bonchev–Trinajstić information content (AvgIpc) is 3.00. The molecule has 5 heteroatoms. The first-order valence-electron chi connectivity index (χ1n) is 7.66. The zero-order valence-electron chi connectivity index (χ0n) is 12.8. The number of nitrogens with zero attached hydrogens (tertiary/aromatic N) is 1. The second-order valence-electron chi connectivity index (χ2n) is 6.06. The highest BCUT2D eigenvalue weighted by Crippen LogP contribution is 2.31. The number of halogens is 2. The normalized spacial score (nSPS) is 20.4. The number of hydrogen-bond acceptors (Lipinski definition) is 3. The van der Waals surface area contributed by atoms with Gasteiger partial charge in [0.05, 0.1) is 0 Å². The molecular weight excluding hydrogens is 333 g/mol. The van der Waals surface area contributed by atoms with Crippen LogP contribution in [-0.2, 0) is 6.42 Å². The first kappa shape index (κ1) is 16.9. The summed E-state index contributed by atoms with van der Waals surface area (Å²) in [6.07, 6.45) is 4.32. The van der Waals surface area contributed by atoms with E-state index in [1.807, 2.05) is 6.07 Å². The molecule has 0 saturated carbocycles. The molecule has 3 nitrogen and oxygen atoms in total. The van der Waals surface area contributed by atoms with E-state index < -0.39 is 0 Å². The Morgan fingerprint density at radius 2 is 2.10 bits per heavy atom. The zero-order chi connectivity index (χ0) is 15.5. The molecule has 0 aliphatic carbocycles. The van der Waals surface area contributed by atoms with Crippen LogP contribution in [0.2, 0.25) is 0 Å². The first-order chi connectivity index (χ1) is 10.0. The molecule has 1 heterocycles. The molecule has 118 valence electrons. The van der Waals surface area contributed by atoms with E-state index in [0.29, 0.717) is 0 Å². The van der Waals surface area contributed by atoms with Crippen molar-refractivity contribution in [3.8, 4) is 0 Å². The Balaban J connectivity index is 2.20. The molecule has 2 atom stereocenters. The largest absolute Gasteiger partial charge is 0.296 e. The highest BCUT2D eigenvalue weighted by atomic mass is 79.9. The van der Waals surface area contributed by atoms with Gasteiger partial charge in [0.1, 0.15) is 5.82 Å². The van der Waals surface area contributed by atoms with Gasteiger partial charge in [0.15, 0.2) is 0 Å². The van der Waals surface area contributed by atoms with E-state index in [1.54, 1.807) is 0 Å². The molecule has 1 fully saturated rings. The lowest BCUT2D eigenvalue weighted by Gasteiger charge is -2.44. The lowest BCUT2D eigenvalue weighted by atomic mass is 9.84. The Morgan fingerprint density at radius 3 is 2.62 bits per heavy atom. The van der Waals surface area contributed by atoms with E-state index >= 15 is 0 Å². The summed E-state index contributed by atoms with van der Waals surface area (Å²) < 4.78 is 14.0. The van der Waals surface area contributed by atoms with Gasteiger partial charge in [-0.05, 0) is 63.4 Å².